The molecule has 0 aliphatic rings. The van der Waals surface area contributed by atoms with Gasteiger partial charge in [-0.25, -0.2) is 14.6 Å². The molecular weight excluding hydrogens is 451 g/mol. The van der Waals surface area contributed by atoms with Crippen LogP contribution in [0, 0.1) is 5.41 Å². The fourth-order valence-corrected chi connectivity index (χ4v) is 3.28. The van der Waals surface area contributed by atoms with Gasteiger partial charge in [0.05, 0.1) is 18.5 Å². The third-order valence-electron chi connectivity index (χ3n) is 4.85. The van der Waals surface area contributed by atoms with Crippen molar-refractivity contribution in [2.45, 2.75) is 26.8 Å². The zero-order chi connectivity index (χ0) is 24.3. The van der Waals surface area contributed by atoms with E-state index in [1.54, 1.807) is 36.7 Å². The molecule has 0 bridgehead atoms. The van der Waals surface area contributed by atoms with Crippen LogP contribution in [0.4, 0.5) is 13.2 Å². The second-order valence-electron chi connectivity index (χ2n) is 8.34. The zero-order valence-corrected chi connectivity index (χ0v) is 18.3. The number of aromatic nitrogens is 5. The number of halogens is 3. The molecule has 2 heterocycles. The summed E-state index contributed by atoms with van der Waals surface area (Å²) in [7, 11) is 0. The van der Waals surface area contributed by atoms with Crippen molar-refractivity contribution in [2.75, 3.05) is 6.61 Å². The second kappa shape index (κ2) is 9.08. The number of nitrogens with zero attached hydrogens (tertiary/aromatic N) is 5. The van der Waals surface area contributed by atoms with Gasteiger partial charge in [-0.3, -0.25) is 4.79 Å². The number of benzene rings is 2. The molecule has 0 aliphatic carbocycles. The van der Waals surface area contributed by atoms with Crippen molar-refractivity contribution < 1.29 is 22.6 Å². The Labute approximate surface area is 192 Å². The predicted molar refractivity (Wildman–Crippen MR) is 117 cm³/mol. The average molecular weight is 471 g/mol. The first kappa shape index (κ1) is 23.1. The highest BCUT2D eigenvalue weighted by atomic mass is 19.4. The lowest BCUT2D eigenvalue weighted by Gasteiger charge is -2.24. The Balaban J connectivity index is 1.56. The summed E-state index contributed by atoms with van der Waals surface area (Å²) in [5, 5.41) is 8.51. The molecule has 0 radical (unpaired) electrons. The molecule has 0 N–H and O–H groups in total. The number of hydrogen-bond acceptors (Lipinski definition) is 7. The van der Waals surface area contributed by atoms with Crippen LogP contribution in [0.2, 0.25) is 0 Å². The van der Waals surface area contributed by atoms with Crippen molar-refractivity contribution in [3.8, 4) is 22.9 Å². The van der Waals surface area contributed by atoms with Crippen molar-refractivity contribution in [3.63, 3.8) is 0 Å². The minimum atomic E-state index is -4.76. The van der Waals surface area contributed by atoms with Crippen LogP contribution in [0.15, 0.2) is 65.7 Å². The molecule has 11 heteroatoms. The van der Waals surface area contributed by atoms with Gasteiger partial charge in [-0.15, -0.1) is 18.3 Å². The van der Waals surface area contributed by atoms with E-state index in [0.29, 0.717) is 22.0 Å². The summed E-state index contributed by atoms with van der Waals surface area (Å²) in [6.07, 6.45) is -1.62. The summed E-state index contributed by atoms with van der Waals surface area (Å²) >= 11 is 0. The lowest BCUT2D eigenvalue weighted by molar-refractivity contribution is -0.274. The SMILES string of the molecule is CC(C)(COc1ncccn1)Cn1nnc2ccc(-c3ccc(OC(F)(F)F)cc3)cc2c1=O. The number of hydrogen-bond donors (Lipinski definition) is 0. The van der Waals surface area contributed by atoms with Crippen LogP contribution in [0.1, 0.15) is 13.8 Å². The summed E-state index contributed by atoms with van der Waals surface area (Å²) in [5.74, 6) is -0.324. The Bertz CT molecular complexity index is 1340. The summed E-state index contributed by atoms with van der Waals surface area (Å²) < 4.78 is 48.0. The van der Waals surface area contributed by atoms with E-state index >= 15 is 0 Å². The normalized spacial score (nSPS) is 12.0. The van der Waals surface area contributed by atoms with E-state index in [1.165, 1.54) is 28.9 Å². The summed E-state index contributed by atoms with van der Waals surface area (Å²) in [6.45, 7) is 4.30. The number of ether oxygens (including phenoxy) is 2. The Hall–Kier alpha value is -4.02. The maximum atomic E-state index is 13.1. The molecule has 4 aromatic rings. The molecule has 4 rings (SSSR count). The third-order valence-corrected chi connectivity index (χ3v) is 4.85. The van der Waals surface area contributed by atoms with Gasteiger partial charge in [0.15, 0.2) is 0 Å². The summed E-state index contributed by atoms with van der Waals surface area (Å²) in [5.41, 5.74) is 0.848. The standard InChI is InChI=1S/C23H20F3N5O3/c1-22(2,14-33-21-27-10-3-11-28-21)13-31-20(32)18-12-16(6-9-19(18)29-30-31)15-4-7-17(8-5-15)34-23(24,25)26/h3-12H,13-14H2,1-2H3. The third kappa shape index (κ3) is 5.66. The molecule has 0 atom stereocenters. The Kier molecular flexibility index (Phi) is 6.18. The van der Waals surface area contributed by atoms with Crippen molar-refractivity contribution in [3.05, 3.63) is 71.3 Å². The minimum absolute atomic E-state index is 0.231. The van der Waals surface area contributed by atoms with Crippen LogP contribution < -0.4 is 15.0 Å². The molecule has 0 saturated heterocycles. The van der Waals surface area contributed by atoms with E-state index in [1.807, 2.05) is 13.8 Å². The molecule has 34 heavy (non-hydrogen) atoms. The van der Waals surface area contributed by atoms with Gasteiger partial charge < -0.3 is 9.47 Å². The zero-order valence-electron chi connectivity index (χ0n) is 18.3. The van der Waals surface area contributed by atoms with Gasteiger partial charge in [0.2, 0.25) is 0 Å². The molecule has 8 nitrogen and oxygen atoms in total. The van der Waals surface area contributed by atoms with E-state index in [-0.39, 0.29) is 30.5 Å². The smallest absolute Gasteiger partial charge is 0.463 e. The molecule has 0 spiro atoms. The van der Waals surface area contributed by atoms with Gasteiger partial charge in [0, 0.05) is 17.8 Å². The highest BCUT2D eigenvalue weighted by molar-refractivity contribution is 5.83. The molecule has 0 saturated carbocycles. The first-order chi connectivity index (χ1) is 16.1. The lowest BCUT2D eigenvalue weighted by Crippen LogP contribution is -2.34. The maximum Gasteiger partial charge on any atom is 0.573 e. The Morgan fingerprint density at radius 3 is 2.32 bits per heavy atom. The maximum absolute atomic E-state index is 13.1. The average Bonchev–Trinajstić information content (AvgIpc) is 2.80. The van der Waals surface area contributed by atoms with Crippen molar-refractivity contribution in [1.29, 1.82) is 0 Å². The van der Waals surface area contributed by atoms with Gasteiger partial charge in [-0.2, -0.15) is 0 Å². The number of rotatable bonds is 7. The molecule has 2 aromatic heterocycles. The van der Waals surface area contributed by atoms with Crippen LogP contribution in [0.3, 0.4) is 0 Å². The van der Waals surface area contributed by atoms with Crippen LogP contribution in [-0.4, -0.2) is 37.9 Å². The summed E-state index contributed by atoms with van der Waals surface area (Å²) in [4.78, 5) is 21.2. The molecule has 176 valence electrons. The molecule has 2 aromatic carbocycles. The topological polar surface area (TPSA) is 92.0 Å². The van der Waals surface area contributed by atoms with Crippen LogP contribution in [0.5, 0.6) is 11.8 Å². The van der Waals surface area contributed by atoms with Crippen molar-refractivity contribution in [1.82, 2.24) is 25.0 Å². The van der Waals surface area contributed by atoms with Crippen LogP contribution in [-0.2, 0) is 6.54 Å². The van der Waals surface area contributed by atoms with Crippen molar-refractivity contribution >= 4 is 10.9 Å². The van der Waals surface area contributed by atoms with Gasteiger partial charge in [0.1, 0.15) is 11.3 Å². The quantitative estimate of drug-likeness (QED) is 0.398. The molecular formula is C23H20F3N5O3. The van der Waals surface area contributed by atoms with Crippen LogP contribution >= 0.6 is 0 Å². The first-order valence-corrected chi connectivity index (χ1v) is 10.2. The highest BCUT2D eigenvalue weighted by Gasteiger charge is 2.31. The number of alkyl halides is 3. The minimum Gasteiger partial charge on any atom is -0.463 e. The van der Waals surface area contributed by atoms with E-state index in [2.05, 4.69) is 25.0 Å². The van der Waals surface area contributed by atoms with E-state index in [4.69, 9.17) is 4.74 Å². The van der Waals surface area contributed by atoms with E-state index in [9.17, 15) is 18.0 Å². The molecule has 0 aliphatic heterocycles. The van der Waals surface area contributed by atoms with Gasteiger partial charge >= 0.3 is 12.4 Å². The van der Waals surface area contributed by atoms with E-state index in [0.717, 1.165) is 0 Å². The predicted octanol–water partition coefficient (Wildman–Crippen LogP) is 4.25. The Morgan fingerprint density at radius 2 is 1.65 bits per heavy atom. The highest BCUT2D eigenvalue weighted by Crippen LogP contribution is 2.27. The van der Waals surface area contributed by atoms with Crippen molar-refractivity contribution in [2.24, 2.45) is 5.41 Å². The monoisotopic (exact) mass is 471 g/mol. The largest absolute Gasteiger partial charge is 0.573 e. The van der Waals surface area contributed by atoms with E-state index < -0.39 is 11.8 Å². The lowest BCUT2D eigenvalue weighted by atomic mass is 9.95. The van der Waals surface area contributed by atoms with Gasteiger partial charge in [-0.1, -0.05) is 37.3 Å². The fraction of sp³-hybridized carbons (Fsp3) is 0.261. The molecule has 0 amide bonds. The fourth-order valence-electron chi connectivity index (χ4n) is 3.28. The number of fused-ring (bicyclic) bond motifs is 1. The van der Waals surface area contributed by atoms with Crippen LogP contribution in [0.25, 0.3) is 22.0 Å². The first-order valence-electron chi connectivity index (χ1n) is 10.2. The summed E-state index contributed by atoms with van der Waals surface area (Å²) in [6, 6.07) is 12.3. The van der Waals surface area contributed by atoms with Gasteiger partial charge in [-0.05, 0) is 41.5 Å². The van der Waals surface area contributed by atoms with Gasteiger partial charge in [0.25, 0.3) is 5.56 Å². The Morgan fingerprint density at radius 1 is 0.971 bits per heavy atom. The molecule has 0 unspecified atom stereocenters. The molecule has 0 fully saturated rings. The second-order valence-corrected chi connectivity index (χ2v) is 8.34.